The molecule has 28 heavy (non-hydrogen) atoms. The van der Waals surface area contributed by atoms with E-state index in [1.807, 2.05) is 18.2 Å². The molecule has 2 fully saturated rings. The van der Waals surface area contributed by atoms with Gasteiger partial charge in [-0.05, 0) is 60.2 Å². The number of hydrogen-bond donors (Lipinski definition) is 0. The van der Waals surface area contributed by atoms with Crippen LogP contribution in [0.1, 0.15) is 31.2 Å². The van der Waals surface area contributed by atoms with Gasteiger partial charge in [-0.2, -0.15) is 0 Å². The van der Waals surface area contributed by atoms with Gasteiger partial charge in [0.25, 0.3) is 0 Å². The summed E-state index contributed by atoms with van der Waals surface area (Å²) < 4.78 is 0. The van der Waals surface area contributed by atoms with Crippen LogP contribution in [-0.4, -0.2) is 35.1 Å². The summed E-state index contributed by atoms with van der Waals surface area (Å²) in [4.78, 5) is 8.89. The van der Waals surface area contributed by atoms with Crippen LogP contribution in [0.25, 0.3) is 10.8 Å². The SMILES string of the molecule is c1ccc(ON(C2CC2)C2CCN(Cc3ccc4ccccc4c3)CC2)cc1. The quantitative estimate of drug-likeness (QED) is 0.549. The monoisotopic (exact) mass is 372 g/mol. The molecule has 3 aromatic carbocycles. The van der Waals surface area contributed by atoms with Gasteiger partial charge in [-0.15, -0.1) is 5.06 Å². The van der Waals surface area contributed by atoms with Gasteiger partial charge in [0.05, 0.1) is 0 Å². The fourth-order valence-corrected chi connectivity index (χ4v) is 4.31. The van der Waals surface area contributed by atoms with E-state index in [4.69, 9.17) is 4.84 Å². The highest BCUT2D eigenvalue weighted by Crippen LogP contribution is 2.33. The molecule has 0 N–H and O–H groups in total. The second-order valence-corrected chi connectivity index (χ2v) is 8.18. The maximum atomic E-state index is 6.29. The lowest BCUT2D eigenvalue weighted by atomic mass is 10.0. The number of para-hydroxylation sites is 1. The van der Waals surface area contributed by atoms with Crippen LogP contribution in [0.15, 0.2) is 72.8 Å². The molecule has 1 heterocycles. The van der Waals surface area contributed by atoms with Crippen molar-refractivity contribution in [3.8, 4) is 5.75 Å². The fourth-order valence-electron chi connectivity index (χ4n) is 4.31. The zero-order chi connectivity index (χ0) is 18.8. The smallest absolute Gasteiger partial charge is 0.147 e. The van der Waals surface area contributed by atoms with E-state index in [9.17, 15) is 0 Å². The predicted molar refractivity (Wildman–Crippen MR) is 114 cm³/mol. The van der Waals surface area contributed by atoms with Crippen LogP contribution >= 0.6 is 0 Å². The Morgan fingerprint density at radius 1 is 0.750 bits per heavy atom. The van der Waals surface area contributed by atoms with Gasteiger partial charge in [0.15, 0.2) is 0 Å². The highest BCUT2D eigenvalue weighted by atomic mass is 16.7. The Bertz CT molecular complexity index is 914. The second-order valence-electron chi connectivity index (χ2n) is 8.18. The summed E-state index contributed by atoms with van der Waals surface area (Å²) in [7, 11) is 0. The molecule has 2 aliphatic rings. The largest absolute Gasteiger partial charge is 0.405 e. The Morgan fingerprint density at radius 3 is 2.18 bits per heavy atom. The number of benzene rings is 3. The third-order valence-electron chi connectivity index (χ3n) is 6.00. The van der Waals surface area contributed by atoms with Crippen molar-refractivity contribution in [2.45, 2.75) is 44.3 Å². The molecule has 1 aliphatic carbocycles. The summed E-state index contributed by atoms with van der Waals surface area (Å²) in [5.41, 5.74) is 1.41. The van der Waals surface area contributed by atoms with E-state index in [0.717, 1.165) is 25.4 Å². The number of nitrogens with zero attached hydrogens (tertiary/aromatic N) is 2. The van der Waals surface area contributed by atoms with Crippen molar-refractivity contribution in [3.63, 3.8) is 0 Å². The number of hydrogen-bond acceptors (Lipinski definition) is 3. The van der Waals surface area contributed by atoms with Gasteiger partial charge in [0.1, 0.15) is 5.75 Å². The Morgan fingerprint density at radius 2 is 1.43 bits per heavy atom. The van der Waals surface area contributed by atoms with Crippen molar-refractivity contribution >= 4 is 10.8 Å². The lowest BCUT2D eigenvalue weighted by Crippen LogP contribution is -2.47. The van der Waals surface area contributed by atoms with Crippen molar-refractivity contribution in [2.75, 3.05) is 13.1 Å². The fraction of sp³-hybridized carbons (Fsp3) is 0.360. The van der Waals surface area contributed by atoms with E-state index >= 15 is 0 Å². The van der Waals surface area contributed by atoms with Crippen LogP contribution in [-0.2, 0) is 6.54 Å². The number of fused-ring (bicyclic) bond motifs is 1. The number of hydroxylamine groups is 2. The summed E-state index contributed by atoms with van der Waals surface area (Å²) in [6, 6.07) is 26.9. The minimum Gasteiger partial charge on any atom is -0.405 e. The molecule has 0 unspecified atom stereocenters. The summed E-state index contributed by atoms with van der Waals surface area (Å²) in [5.74, 6) is 0.966. The molecule has 144 valence electrons. The van der Waals surface area contributed by atoms with Crippen molar-refractivity contribution in [1.82, 2.24) is 9.96 Å². The zero-order valence-electron chi connectivity index (χ0n) is 16.3. The molecule has 0 radical (unpaired) electrons. The maximum Gasteiger partial charge on any atom is 0.147 e. The van der Waals surface area contributed by atoms with Gasteiger partial charge in [0.2, 0.25) is 0 Å². The standard InChI is InChI=1S/C25H28N2O/c1-2-8-25(9-3-1)28-27(23-12-13-23)24-14-16-26(17-15-24)19-20-10-11-21-6-4-5-7-22(21)18-20/h1-11,18,23-24H,12-17,19H2. The first-order chi connectivity index (χ1) is 13.8. The van der Waals surface area contributed by atoms with Gasteiger partial charge in [-0.25, -0.2) is 0 Å². The highest BCUT2D eigenvalue weighted by Gasteiger charge is 2.37. The molecule has 0 aromatic heterocycles. The molecule has 1 saturated carbocycles. The Labute approximate surface area is 167 Å². The lowest BCUT2D eigenvalue weighted by molar-refractivity contribution is -0.118. The molecular weight excluding hydrogens is 344 g/mol. The summed E-state index contributed by atoms with van der Waals surface area (Å²) in [6.45, 7) is 3.32. The molecule has 0 amide bonds. The van der Waals surface area contributed by atoms with Crippen LogP contribution < -0.4 is 4.84 Å². The predicted octanol–water partition coefficient (Wildman–Crippen LogP) is 5.26. The van der Waals surface area contributed by atoms with Gasteiger partial charge in [-0.1, -0.05) is 54.6 Å². The van der Waals surface area contributed by atoms with Crippen molar-refractivity contribution in [2.24, 2.45) is 0 Å². The third-order valence-corrected chi connectivity index (χ3v) is 6.00. The summed E-state index contributed by atoms with van der Waals surface area (Å²) in [5, 5.41) is 4.97. The molecule has 0 spiro atoms. The van der Waals surface area contributed by atoms with Crippen molar-refractivity contribution in [3.05, 3.63) is 78.4 Å². The lowest BCUT2D eigenvalue weighted by Gasteiger charge is -2.38. The van der Waals surface area contributed by atoms with Crippen LogP contribution in [0.2, 0.25) is 0 Å². The molecule has 3 aromatic rings. The average Bonchev–Trinajstić information content (AvgIpc) is 3.59. The first-order valence-electron chi connectivity index (χ1n) is 10.6. The highest BCUT2D eigenvalue weighted by molar-refractivity contribution is 5.82. The second kappa shape index (κ2) is 7.94. The summed E-state index contributed by atoms with van der Waals surface area (Å²) in [6.07, 6.45) is 4.89. The van der Waals surface area contributed by atoms with E-state index < -0.39 is 0 Å². The van der Waals surface area contributed by atoms with Crippen LogP contribution in [0, 0.1) is 0 Å². The van der Waals surface area contributed by atoms with E-state index in [2.05, 4.69) is 64.6 Å². The minimum absolute atomic E-state index is 0.528. The molecule has 0 bridgehead atoms. The van der Waals surface area contributed by atoms with Gasteiger partial charge < -0.3 is 4.84 Å². The van der Waals surface area contributed by atoms with E-state index in [0.29, 0.717) is 12.1 Å². The molecule has 0 atom stereocenters. The number of rotatable bonds is 6. The number of piperidine rings is 1. The first-order valence-corrected chi connectivity index (χ1v) is 10.6. The molecule has 3 nitrogen and oxygen atoms in total. The van der Waals surface area contributed by atoms with Crippen LogP contribution in [0.5, 0.6) is 5.75 Å². The Kier molecular flexibility index (Phi) is 5.03. The van der Waals surface area contributed by atoms with Crippen molar-refractivity contribution in [1.29, 1.82) is 0 Å². The Balaban J connectivity index is 1.20. The Hall–Kier alpha value is -2.36. The first kappa shape index (κ1) is 17.7. The van der Waals surface area contributed by atoms with Gasteiger partial charge >= 0.3 is 0 Å². The molecular formula is C25H28N2O. The molecule has 5 rings (SSSR count). The van der Waals surface area contributed by atoms with E-state index in [1.54, 1.807) is 0 Å². The van der Waals surface area contributed by atoms with Crippen LogP contribution in [0.3, 0.4) is 0 Å². The van der Waals surface area contributed by atoms with E-state index in [-0.39, 0.29) is 0 Å². The topological polar surface area (TPSA) is 15.7 Å². The van der Waals surface area contributed by atoms with Crippen molar-refractivity contribution < 1.29 is 4.84 Å². The maximum absolute atomic E-state index is 6.29. The van der Waals surface area contributed by atoms with Gasteiger partial charge in [-0.3, -0.25) is 4.90 Å². The van der Waals surface area contributed by atoms with Crippen LogP contribution in [0.4, 0.5) is 0 Å². The molecule has 1 saturated heterocycles. The van der Waals surface area contributed by atoms with E-state index in [1.165, 1.54) is 42.0 Å². The average molecular weight is 373 g/mol. The minimum atomic E-state index is 0.528. The molecule has 3 heteroatoms. The van der Waals surface area contributed by atoms with Gasteiger partial charge in [0, 0.05) is 31.7 Å². The summed E-state index contributed by atoms with van der Waals surface area (Å²) >= 11 is 0. The molecule has 1 aliphatic heterocycles. The zero-order valence-corrected chi connectivity index (χ0v) is 16.3. The third kappa shape index (κ3) is 4.06. The number of likely N-dealkylation sites (tertiary alicyclic amines) is 1. The normalized spacial score (nSPS) is 18.6.